The van der Waals surface area contributed by atoms with E-state index in [1.807, 2.05) is 24.3 Å². The fraction of sp³-hybridized carbons (Fsp3) is 0.500. The molecule has 1 aromatic carbocycles. The molecular weight excluding hydrogens is 338 g/mol. The van der Waals surface area contributed by atoms with Crippen LogP contribution in [0.2, 0.25) is 0 Å². The van der Waals surface area contributed by atoms with E-state index in [1.165, 1.54) is 7.05 Å². The summed E-state index contributed by atoms with van der Waals surface area (Å²) < 4.78 is 11.7. The van der Waals surface area contributed by atoms with Crippen molar-refractivity contribution in [1.82, 2.24) is 14.7 Å². The van der Waals surface area contributed by atoms with Crippen LogP contribution in [-0.4, -0.2) is 78.0 Å². The van der Waals surface area contributed by atoms with Crippen LogP contribution in [-0.2, 0) is 9.59 Å². The molecule has 2 fully saturated rings. The third-order valence-corrected chi connectivity index (χ3v) is 5.07. The minimum atomic E-state index is -0.757. The summed E-state index contributed by atoms with van der Waals surface area (Å²) in [4.78, 5) is 40.2. The number of para-hydroxylation sites is 2. The number of amides is 4. The Morgan fingerprint density at radius 2 is 1.88 bits per heavy atom. The van der Waals surface area contributed by atoms with Gasteiger partial charge in [-0.2, -0.15) is 0 Å². The van der Waals surface area contributed by atoms with Crippen LogP contribution >= 0.6 is 0 Å². The van der Waals surface area contributed by atoms with Crippen LogP contribution in [0.4, 0.5) is 4.79 Å². The molecule has 2 saturated heterocycles. The summed E-state index contributed by atoms with van der Waals surface area (Å²) in [6.45, 7) is 2.50. The number of imide groups is 2. The van der Waals surface area contributed by atoms with Crippen molar-refractivity contribution < 1.29 is 23.9 Å². The Kier molecular flexibility index (Phi) is 4.28. The smallest absolute Gasteiger partial charge is 0.334 e. The Balaban J connectivity index is 1.40. The first-order valence-corrected chi connectivity index (χ1v) is 8.80. The molecule has 0 aromatic heterocycles. The van der Waals surface area contributed by atoms with Crippen molar-refractivity contribution >= 4 is 17.8 Å². The van der Waals surface area contributed by atoms with Gasteiger partial charge < -0.3 is 9.47 Å². The first kappa shape index (κ1) is 16.8. The van der Waals surface area contributed by atoms with Crippen molar-refractivity contribution in [3.05, 3.63) is 24.3 Å². The summed E-state index contributed by atoms with van der Waals surface area (Å²) >= 11 is 0. The molecule has 1 aromatic rings. The number of fused-ring (bicyclic) bond motifs is 1. The normalized spacial score (nSPS) is 26.6. The highest BCUT2D eigenvalue weighted by molar-refractivity contribution is 6.44. The largest absolute Gasteiger partial charge is 0.486 e. The van der Waals surface area contributed by atoms with Gasteiger partial charge in [-0.25, -0.2) is 4.79 Å². The zero-order chi connectivity index (χ0) is 18.3. The maximum atomic E-state index is 12.2. The summed E-state index contributed by atoms with van der Waals surface area (Å²) in [6, 6.07) is 6.75. The van der Waals surface area contributed by atoms with Gasteiger partial charge in [0.15, 0.2) is 11.5 Å². The molecule has 0 aliphatic carbocycles. The van der Waals surface area contributed by atoms with Gasteiger partial charge >= 0.3 is 17.8 Å². The molecule has 8 heteroatoms. The van der Waals surface area contributed by atoms with Crippen molar-refractivity contribution in [2.75, 3.05) is 33.3 Å². The van der Waals surface area contributed by atoms with E-state index in [0.717, 1.165) is 34.3 Å². The Labute approximate surface area is 151 Å². The molecule has 0 saturated carbocycles. The van der Waals surface area contributed by atoms with Gasteiger partial charge in [-0.3, -0.25) is 24.3 Å². The molecule has 26 heavy (non-hydrogen) atoms. The monoisotopic (exact) mass is 359 g/mol. The van der Waals surface area contributed by atoms with Crippen molar-refractivity contribution in [2.24, 2.45) is 0 Å². The van der Waals surface area contributed by atoms with Crippen molar-refractivity contribution in [3.8, 4) is 11.5 Å². The highest BCUT2D eigenvalue weighted by Crippen LogP contribution is 2.31. The van der Waals surface area contributed by atoms with E-state index in [0.29, 0.717) is 26.1 Å². The molecule has 4 rings (SSSR count). The number of carbonyl (C=O) groups excluding carboxylic acids is 3. The molecule has 138 valence electrons. The lowest BCUT2D eigenvalue weighted by Gasteiger charge is -2.38. The van der Waals surface area contributed by atoms with E-state index >= 15 is 0 Å². The number of carbonyl (C=O) groups is 3. The molecule has 3 aliphatic heterocycles. The van der Waals surface area contributed by atoms with E-state index < -0.39 is 17.8 Å². The average Bonchev–Trinajstić information content (AvgIpc) is 2.85. The van der Waals surface area contributed by atoms with E-state index in [9.17, 15) is 14.4 Å². The van der Waals surface area contributed by atoms with Gasteiger partial charge in [0.2, 0.25) is 0 Å². The zero-order valence-electron chi connectivity index (χ0n) is 14.6. The van der Waals surface area contributed by atoms with Gasteiger partial charge in [0.25, 0.3) is 0 Å². The third-order valence-electron chi connectivity index (χ3n) is 5.07. The molecule has 2 atom stereocenters. The van der Waals surface area contributed by atoms with Crippen LogP contribution in [0.5, 0.6) is 11.5 Å². The number of ether oxygens (including phenoxy) is 2. The van der Waals surface area contributed by atoms with Crippen molar-refractivity contribution in [2.45, 2.75) is 25.0 Å². The first-order valence-electron chi connectivity index (χ1n) is 8.80. The zero-order valence-corrected chi connectivity index (χ0v) is 14.6. The fourth-order valence-electron chi connectivity index (χ4n) is 3.75. The SMILES string of the molecule is CN1C(=O)C(=O)N(C2CCCN(CC3COc4ccccc4O3)C2)C1=O. The predicted molar refractivity (Wildman–Crippen MR) is 90.8 cm³/mol. The number of urea groups is 1. The maximum absolute atomic E-state index is 12.2. The highest BCUT2D eigenvalue weighted by Gasteiger charge is 2.46. The van der Waals surface area contributed by atoms with Crippen LogP contribution in [0.1, 0.15) is 12.8 Å². The van der Waals surface area contributed by atoms with Crippen LogP contribution in [0.3, 0.4) is 0 Å². The standard InChI is InChI=1S/C18H21N3O5/c1-19-16(22)17(23)21(18(19)24)12-5-4-8-20(9-12)10-13-11-25-14-6-2-3-7-15(14)26-13/h2-3,6-7,12-13H,4-5,8-11H2,1H3. The second kappa shape index (κ2) is 6.60. The average molecular weight is 359 g/mol. The number of hydrogen-bond donors (Lipinski definition) is 0. The number of likely N-dealkylation sites (N-methyl/N-ethyl adjacent to an activating group) is 1. The van der Waals surface area contributed by atoms with Gasteiger partial charge in [-0.05, 0) is 31.5 Å². The van der Waals surface area contributed by atoms with Gasteiger partial charge in [0.1, 0.15) is 12.7 Å². The Hall–Kier alpha value is -2.61. The lowest BCUT2D eigenvalue weighted by Crippen LogP contribution is -2.53. The first-order chi connectivity index (χ1) is 12.5. The lowest BCUT2D eigenvalue weighted by atomic mass is 10.0. The molecule has 0 radical (unpaired) electrons. The second-order valence-electron chi connectivity index (χ2n) is 6.88. The van der Waals surface area contributed by atoms with Gasteiger partial charge in [-0.1, -0.05) is 12.1 Å². The van der Waals surface area contributed by atoms with Gasteiger partial charge in [-0.15, -0.1) is 0 Å². The van der Waals surface area contributed by atoms with Gasteiger partial charge in [0, 0.05) is 20.1 Å². The maximum Gasteiger partial charge on any atom is 0.334 e. The molecule has 2 unspecified atom stereocenters. The minimum absolute atomic E-state index is 0.113. The van der Waals surface area contributed by atoms with Crippen LogP contribution < -0.4 is 9.47 Å². The van der Waals surface area contributed by atoms with Gasteiger partial charge in [0.05, 0.1) is 6.04 Å². The van der Waals surface area contributed by atoms with Crippen LogP contribution in [0.15, 0.2) is 24.3 Å². The van der Waals surface area contributed by atoms with E-state index in [2.05, 4.69) is 4.90 Å². The number of rotatable bonds is 3. The highest BCUT2D eigenvalue weighted by atomic mass is 16.6. The topological polar surface area (TPSA) is 79.4 Å². The Morgan fingerprint density at radius 3 is 2.62 bits per heavy atom. The van der Waals surface area contributed by atoms with Crippen molar-refractivity contribution in [3.63, 3.8) is 0 Å². The molecule has 0 bridgehead atoms. The molecule has 3 aliphatic rings. The minimum Gasteiger partial charge on any atom is -0.486 e. The number of hydrogen-bond acceptors (Lipinski definition) is 6. The van der Waals surface area contributed by atoms with Crippen LogP contribution in [0.25, 0.3) is 0 Å². The van der Waals surface area contributed by atoms with Crippen molar-refractivity contribution in [1.29, 1.82) is 0 Å². The van der Waals surface area contributed by atoms with Crippen LogP contribution in [0, 0.1) is 0 Å². The summed E-state index contributed by atoms with van der Waals surface area (Å²) in [6.07, 6.45) is 1.45. The number of benzene rings is 1. The number of piperidine rings is 1. The summed E-state index contributed by atoms with van der Waals surface area (Å²) in [7, 11) is 1.34. The number of likely N-dealkylation sites (tertiary alicyclic amines) is 1. The lowest BCUT2D eigenvalue weighted by molar-refractivity contribution is -0.144. The molecule has 4 amide bonds. The van der Waals surface area contributed by atoms with E-state index in [-0.39, 0.29) is 12.1 Å². The third kappa shape index (κ3) is 2.90. The van der Waals surface area contributed by atoms with E-state index in [4.69, 9.17) is 9.47 Å². The molecule has 8 nitrogen and oxygen atoms in total. The summed E-state index contributed by atoms with van der Waals surface area (Å²) in [5.41, 5.74) is 0. The molecule has 0 spiro atoms. The molecule has 3 heterocycles. The molecular formula is C18H21N3O5. The summed E-state index contributed by atoms with van der Waals surface area (Å²) in [5.74, 6) is -0.00668. The summed E-state index contributed by atoms with van der Waals surface area (Å²) in [5, 5.41) is 0. The Bertz CT molecular complexity index is 752. The second-order valence-corrected chi connectivity index (χ2v) is 6.88. The number of nitrogens with zero attached hydrogens (tertiary/aromatic N) is 3. The van der Waals surface area contributed by atoms with E-state index in [1.54, 1.807) is 0 Å². The molecule has 0 N–H and O–H groups in total. The quantitative estimate of drug-likeness (QED) is 0.584. The predicted octanol–water partition coefficient (Wildman–Crippen LogP) is 0.711. The fourth-order valence-corrected chi connectivity index (χ4v) is 3.75. The Morgan fingerprint density at radius 1 is 1.12 bits per heavy atom.